The first-order valence-electron chi connectivity index (χ1n) is 6.88. The van der Waals surface area contributed by atoms with Crippen LogP contribution in [0.2, 0.25) is 0 Å². The molecule has 0 atom stereocenters. The summed E-state index contributed by atoms with van der Waals surface area (Å²) in [5.41, 5.74) is 1.20. The van der Waals surface area contributed by atoms with Gasteiger partial charge in [-0.05, 0) is 32.0 Å². The zero-order chi connectivity index (χ0) is 15.2. The molecule has 0 unspecified atom stereocenters. The van der Waals surface area contributed by atoms with E-state index in [2.05, 4.69) is 10.3 Å². The fraction of sp³-hybridized carbons (Fsp3) is 0.312. The number of pyridine rings is 1. The van der Waals surface area contributed by atoms with Crippen molar-refractivity contribution in [2.75, 3.05) is 6.61 Å². The van der Waals surface area contributed by atoms with E-state index in [0.29, 0.717) is 5.56 Å². The number of ether oxygens (including phenoxy) is 1. The standard InChI is InChI=1S/C16H18N2O3/c1-11(2)18-15(19)8-10-21-16(20)13-5-3-7-14-12(13)6-4-9-17-14/h3-7,9,11H,8,10H2,1-2H3,(H,18,19). The molecule has 0 bridgehead atoms. The lowest BCUT2D eigenvalue weighted by molar-refractivity contribution is -0.122. The third-order valence-corrected chi connectivity index (χ3v) is 2.88. The second-order valence-corrected chi connectivity index (χ2v) is 4.98. The number of esters is 1. The van der Waals surface area contributed by atoms with E-state index in [9.17, 15) is 9.59 Å². The summed E-state index contributed by atoms with van der Waals surface area (Å²) in [4.78, 5) is 27.7. The minimum atomic E-state index is -0.439. The number of fused-ring (bicyclic) bond motifs is 1. The monoisotopic (exact) mass is 286 g/mol. The van der Waals surface area contributed by atoms with Gasteiger partial charge >= 0.3 is 5.97 Å². The number of benzene rings is 1. The van der Waals surface area contributed by atoms with Crippen molar-refractivity contribution in [1.29, 1.82) is 0 Å². The molecule has 5 nitrogen and oxygen atoms in total. The Bertz CT molecular complexity index is 648. The van der Waals surface area contributed by atoms with Gasteiger partial charge in [0.2, 0.25) is 5.91 Å². The van der Waals surface area contributed by atoms with Crippen LogP contribution in [0.5, 0.6) is 0 Å². The minimum absolute atomic E-state index is 0.0635. The summed E-state index contributed by atoms with van der Waals surface area (Å²) in [7, 11) is 0. The van der Waals surface area contributed by atoms with E-state index in [1.807, 2.05) is 26.0 Å². The molecule has 1 aromatic heterocycles. The van der Waals surface area contributed by atoms with Gasteiger partial charge in [0.25, 0.3) is 0 Å². The van der Waals surface area contributed by atoms with Crippen molar-refractivity contribution < 1.29 is 14.3 Å². The molecule has 0 saturated heterocycles. The average molecular weight is 286 g/mol. The van der Waals surface area contributed by atoms with Crippen LogP contribution in [0.3, 0.4) is 0 Å². The van der Waals surface area contributed by atoms with Gasteiger partial charge in [-0.1, -0.05) is 12.1 Å². The molecule has 2 aromatic rings. The smallest absolute Gasteiger partial charge is 0.338 e. The number of aromatic nitrogens is 1. The van der Waals surface area contributed by atoms with E-state index in [4.69, 9.17) is 4.74 Å². The van der Waals surface area contributed by atoms with E-state index < -0.39 is 5.97 Å². The van der Waals surface area contributed by atoms with Gasteiger partial charge in [0.05, 0.1) is 17.5 Å². The van der Waals surface area contributed by atoms with Gasteiger partial charge in [-0.25, -0.2) is 4.79 Å². The Kier molecular flexibility index (Phi) is 4.87. The van der Waals surface area contributed by atoms with E-state index in [1.54, 1.807) is 24.4 Å². The van der Waals surface area contributed by atoms with E-state index in [1.165, 1.54) is 0 Å². The molecule has 1 N–H and O–H groups in total. The lowest BCUT2D eigenvalue weighted by Crippen LogP contribution is -2.31. The second kappa shape index (κ2) is 6.83. The Labute approximate surface area is 123 Å². The molecule has 0 spiro atoms. The highest BCUT2D eigenvalue weighted by Gasteiger charge is 2.12. The number of amides is 1. The Balaban J connectivity index is 1.98. The summed E-state index contributed by atoms with van der Waals surface area (Å²) in [6, 6.07) is 8.97. The second-order valence-electron chi connectivity index (χ2n) is 4.98. The first kappa shape index (κ1) is 15.0. The van der Waals surface area contributed by atoms with Gasteiger partial charge in [-0.15, -0.1) is 0 Å². The highest BCUT2D eigenvalue weighted by Crippen LogP contribution is 2.17. The number of carbonyl (C=O) groups is 2. The van der Waals surface area contributed by atoms with E-state index >= 15 is 0 Å². The number of nitrogens with one attached hydrogen (secondary N) is 1. The molecule has 5 heteroatoms. The number of hydrogen-bond acceptors (Lipinski definition) is 4. The van der Waals surface area contributed by atoms with Crippen LogP contribution in [0.25, 0.3) is 10.9 Å². The molecule has 0 aliphatic rings. The predicted octanol–water partition coefficient (Wildman–Crippen LogP) is 2.31. The van der Waals surface area contributed by atoms with Gasteiger partial charge in [0.1, 0.15) is 6.61 Å². The Morgan fingerprint density at radius 3 is 2.81 bits per heavy atom. The molecule has 2 rings (SSSR count). The third kappa shape index (κ3) is 4.02. The van der Waals surface area contributed by atoms with Crippen molar-refractivity contribution in [3.05, 3.63) is 42.1 Å². The highest BCUT2D eigenvalue weighted by atomic mass is 16.5. The van der Waals surface area contributed by atoms with Gasteiger partial charge in [-0.3, -0.25) is 9.78 Å². The van der Waals surface area contributed by atoms with Crippen molar-refractivity contribution in [3.8, 4) is 0 Å². The van der Waals surface area contributed by atoms with E-state index in [-0.39, 0.29) is 25.0 Å². The molecule has 0 fully saturated rings. The zero-order valence-corrected chi connectivity index (χ0v) is 12.1. The van der Waals surface area contributed by atoms with Crippen molar-refractivity contribution in [2.45, 2.75) is 26.3 Å². The third-order valence-electron chi connectivity index (χ3n) is 2.88. The number of nitrogens with zero attached hydrogens (tertiary/aromatic N) is 1. The van der Waals surface area contributed by atoms with Crippen LogP contribution in [0.15, 0.2) is 36.5 Å². The maximum Gasteiger partial charge on any atom is 0.338 e. The molecule has 1 heterocycles. The summed E-state index contributed by atoms with van der Waals surface area (Å²) in [6.07, 6.45) is 1.83. The maximum atomic E-state index is 12.1. The zero-order valence-electron chi connectivity index (χ0n) is 12.1. The van der Waals surface area contributed by atoms with Crippen LogP contribution < -0.4 is 5.32 Å². The molecule has 0 aliphatic heterocycles. The minimum Gasteiger partial charge on any atom is -0.462 e. The lowest BCUT2D eigenvalue weighted by atomic mass is 10.1. The largest absolute Gasteiger partial charge is 0.462 e. The van der Waals surface area contributed by atoms with Gasteiger partial charge in [0.15, 0.2) is 0 Å². The summed E-state index contributed by atoms with van der Waals surface area (Å²) in [5.74, 6) is -0.566. The maximum absolute atomic E-state index is 12.1. The van der Waals surface area contributed by atoms with Crippen LogP contribution in [0.1, 0.15) is 30.6 Å². The van der Waals surface area contributed by atoms with Crippen molar-refractivity contribution in [2.24, 2.45) is 0 Å². The Morgan fingerprint density at radius 1 is 1.24 bits per heavy atom. The van der Waals surface area contributed by atoms with Gasteiger partial charge < -0.3 is 10.1 Å². The molecular formula is C16H18N2O3. The number of rotatable bonds is 5. The van der Waals surface area contributed by atoms with Crippen LogP contribution in [0.4, 0.5) is 0 Å². The van der Waals surface area contributed by atoms with Crippen LogP contribution in [-0.2, 0) is 9.53 Å². The Morgan fingerprint density at radius 2 is 2.05 bits per heavy atom. The summed E-state index contributed by atoms with van der Waals surface area (Å²) >= 11 is 0. The molecule has 0 aliphatic carbocycles. The number of hydrogen-bond donors (Lipinski definition) is 1. The van der Waals surface area contributed by atoms with Crippen LogP contribution in [0, 0.1) is 0 Å². The molecule has 110 valence electrons. The van der Waals surface area contributed by atoms with Gasteiger partial charge in [-0.2, -0.15) is 0 Å². The summed E-state index contributed by atoms with van der Waals surface area (Å²) in [6.45, 7) is 3.83. The van der Waals surface area contributed by atoms with Gasteiger partial charge in [0, 0.05) is 17.6 Å². The quantitative estimate of drug-likeness (QED) is 0.856. The average Bonchev–Trinajstić information content (AvgIpc) is 2.45. The SMILES string of the molecule is CC(C)NC(=O)CCOC(=O)c1cccc2ncccc12. The molecule has 0 radical (unpaired) electrons. The number of carbonyl (C=O) groups excluding carboxylic acids is 2. The molecule has 21 heavy (non-hydrogen) atoms. The molecule has 1 amide bonds. The van der Waals surface area contributed by atoms with Crippen LogP contribution >= 0.6 is 0 Å². The lowest BCUT2D eigenvalue weighted by Gasteiger charge is -2.09. The van der Waals surface area contributed by atoms with Crippen LogP contribution in [-0.4, -0.2) is 29.5 Å². The van der Waals surface area contributed by atoms with Crippen molar-refractivity contribution in [1.82, 2.24) is 10.3 Å². The Hall–Kier alpha value is -2.43. The highest BCUT2D eigenvalue weighted by molar-refractivity contribution is 6.03. The topological polar surface area (TPSA) is 68.3 Å². The summed E-state index contributed by atoms with van der Waals surface area (Å²) in [5, 5.41) is 3.49. The fourth-order valence-electron chi connectivity index (χ4n) is 1.99. The van der Waals surface area contributed by atoms with E-state index in [0.717, 1.165) is 10.9 Å². The normalized spacial score (nSPS) is 10.6. The first-order valence-corrected chi connectivity index (χ1v) is 6.88. The molecule has 1 aromatic carbocycles. The van der Waals surface area contributed by atoms with Crippen molar-refractivity contribution in [3.63, 3.8) is 0 Å². The summed E-state index contributed by atoms with van der Waals surface area (Å²) < 4.78 is 5.16. The first-order chi connectivity index (χ1) is 10.1. The predicted molar refractivity (Wildman–Crippen MR) is 79.9 cm³/mol. The molecular weight excluding hydrogens is 268 g/mol. The fourth-order valence-corrected chi connectivity index (χ4v) is 1.99. The molecule has 0 saturated carbocycles. The van der Waals surface area contributed by atoms with Crippen molar-refractivity contribution >= 4 is 22.8 Å².